The highest BCUT2D eigenvalue weighted by Gasteiger charge is 2.24. The lowest BCUT2D eigenvalue weighted by molar-refractivity contribution is 0.0671. The van der Waals surface area contributed by atoms with E-state index >= 15 is 0 Å². The van der Waals surface area contributed by atoms with Crippen molar-refractivity contribution in [2.75, 3.05) is 19.0 Å². The highest BCUT2D eigenvalue weighted by molar-refractivity contribution is 6.17. The van der Waals surface area contributed by atoms with Crippen LogP contribution in [0.2, 0.25) is 0 Å². The van der Waals surface area contributed by atoms with Gasteiger partial charge in [-0.15, -0.1) is 11.6 Å². The van der Waals surface area contributed by atoms with Crippen molar-refractivity contribution in [3.8, 4) is 0 Å². The smallest absolute Gasteiger partial charge is 0.253 e. The van der Waals surface area contributed by atoms with Gasteiger partial charge >= 0.3 is 0 Å². The molecule has 1 heterocycles. The standard InChI is InChI=1S/C18H26ClNO/c1-18(2,3)16-8-6-15(7-9-16)17(21)20-12-4-5-14(13-20)10-11-19/h6-9,14H,4-5,10-13H2,1-3H3. The number of likely N-dealkylation sites (tertiary alicyclic amines) is 1. The van der Waals surface area contributed by atoms with Crippen LogP contribution in [0.1, 0.15) is 56.0 Å². The first-order chi connectivity index (χ1) is 9.91. The molecule has 116 valence electrons. The molecule has 21 heavy (non-hydrogen) atoms. The fourth-order valence-electron chi connectivity index (χ4n) is 2.93. The van der Waals surface area contributed by atoms with E-state index in [1.807, 2.05) is 17.0 Å². The van der Waals surface area contributed by atoms with Crippen molar-refractivity contribution in [3.63, 3.8) is 0 Å². The van der Waals surface area contributed by atoms with E-state index in [-0.39, 0.29) is 11.3 Å². The Bertz CT molecular complexity index is 473. The van der Waals surface area contributed by atoms with Crippen molar-refractivity contribution in [2.24, 2.45) is 5.92 Å². The minimum absolute atomic E-state index is 0.123. The fraction of sp³-hybridized carbons (Fsp3) is 0.611. The third-order valence-electron chi connectivity index (χ3n) is 4.32. The first-order valence-corrected chi connectivity index (χ1v) is 8.41. The average molecular weight is 308 g/mol. The molecule has 0 aliphatic carbocycles. The molecule has 0 aromatic heterocycles. The molecule has 1 aliphatic heterocycles. The summed E-state index contributed by atoms with van der Waals surface area (Å²) < 4.78 is 0. The van der Waals surface area contributed by atoms with Gasteiger partial charge in [-0.05, 0) is 48.3 Å². The SMILES string of the molecule is CC(C)(C)c1ccc(C(=O)N2CCCC(CCCl)C2)cc1. The molecular weight excluding hydrogens is 282 g/mol. The number of amides is 1. The summed E-state index contributed by atoms with van der Waals surface area (Å²) in [6, 6.07) is 8.09. The second-order valence-electron chi connectivity index (χ2n) is 7.06. The predicted molar refractivity (Wildman–Crippen MR) is 89.1 cm³/mol. The molecule has 0 radical (unpaired) electrons. The molecule has 0 saturated carbocycles. The largest absolute Gasteiger partial charge is 0.338 e. The van der Waals surface area contributed by atoms with Crippen LogP contribution >= 0.6 is 11.6 Å². The van der Waals surface area contributed by atoms with Crippen molar-refractivity contribution >= 4 is 17.5 Å². The van der Waals surface area contributed by atoms with Crippen LogP contribution in [0.4, 0.5) is 0 Å². The molecule has 0 bridgehead atoms. The summed E-state index contributed by atoms with van der Waals surface area (Å²) in [6.45, 7) is 8.28. The normalized spacial score (nSPS) is 19.6. The molecule has 3 heteroatoms. The van der Waals surface area contributed by atoms with Gasteiger partial charge in [0.05, 0.1) is 0 Å². The van der Waals surface area contributed by atoms with Crippen LogP contribution in [0.3, 0.4) is 0 Å². The third kappa shape index (κ3) is 4.23. The van der Waals surface area contributed by atoms with Gasteiger partial charge in [0.25, 0.3) is 5.91 Å². The Morgan fingerprint density at radius 3 is 2.52 bits per heavy atom. The summed E-state index contributed by atoms with van der Waals surface area (Å²) >= 11 is 5.84. The molecule has 1 aromatic carbocycles. The Balaban J connectivity index is 2.05. The summed E-state index contributed by atoms with van der Waals surface area (Å²) in [5.74, 6) is 1.41. The van der Waals surface area contributed by atoms with E-state index in [9.17, 15) is 4.79 Å². The number of alkyl halides is 1. The summed E-state index contributed by atoms with van der Waals surface area (Å²) in [6.07, 6.45) is 3.29. The van der Waals surface area contributed by atoms with E-state index in [1.54, 1.807) is 0 Å². The molecule has 1 saturated heterocycles. The molecule has 0 N–H and O–H groups in total. The van der Waals surface area contributed by atoms with Gasteiger partial charge in [0.15, 0.2) is 0 Å². The number of hydrogen-bond donors (Lipinski definition) is 0. The third-order valence-corrected chi connectivity index (χ3v) is 4.54. The zero-order valence-electron chi connectivity index (χ0n) is 13.4. The van der Waals surface area contributed by atoms with Gasteiger partial charge in [-0.2, -0.15) is 0 Å². The lowest BCUT2D eigenvalue weighted by Gasteiger charge is -2.32. The van der Waals surface area contributed by atoms with Crippen molar-refractivity contribution in [1.82, 2.24) is 4.90 Å². The number of carbonyl (C=O) groups is 1. The van der Waals surface area contributed by atoms with Gasteiger partial charge in [-0.25, -0.2) is 0 Å². The summed E-state index contributed by atoms with van der Waals surface area (Å²) in [5, 5.41) is 0. The Morgan fingerprint density at radius 1 is 1.29 bits per heavy atom. The van der Waals surface area contributed by atoms with E-state index in [4.69, 9.17) is 11.6 Å². The summed E-state index contributed by atoms with van der Waals surface area (Å²) in [5.41, 5.74) is 2.19. The molecule has 0 spiro atoms. The minimum Gasteiger partial charge on any atom is -0.338 e. The van der Waals surface area contributed by atoms with E-state index < -0.39 is 0 Å². The van der Waals surface area contributed by atoms with E-state index in [2.05, 4.69) is 32.9 Å². The first-order valence-electron chi connectivity index (χ1n) is 7.87. The van der Waals surface area contributed by atoms with E-state index in [0.717, 1.165) is 31.5 Å². The Hall–Kier alpha value is -1.02. The fourth-order valence-corrected chi connectivity index (χ4v) is 3.24. The maximum absolute atomic E-state index is 12.6. The molecular formula is C18H26ClNO. The van der Waals surface area contributed by atoms with E-state index in [1.165, 1.54) is 12.0 Å². The maximum atomic E-state index is 12.6. The highest BCUT2D eigenvalue weighted by atomic mass is 35.5. The zero-order valence-corrected chi connectivity index (χ0v) is 14.1. The number of carbonyl (C=O) groups excluding carboxylic acids is 1. The zero-order chi connectivity index (χ0) is 15.5. The first kappa shape index (κ1) is 16.4. The van der Waals surface area contributed by atoms with Crippen LogP contribution < -0.4 is 0 Å². The number of halogens is 1. The second kappa shape index (κ2) is 6.83. The molecule has 2 rings (SSSR count). The Labute approximate surface area is 133 Å². The second-order valence-corrected chi connectivity index (χ2v) is 7.44. The van der Waals surface area contributed by atoms with Gasteiger partial charge in [-0.1, -0.05) is 32.9 Å². The van der Waals surface area contributed by atoms with E-state index in [0.29, 0.717) is 11.8 Å². The van der Waals surface area contributed by atoms with Crippen molar-refractivity contribution in [2.45, 2.75) is 45.4 Å². The molecule has 1 atom stereocenters. The van der Waals surface area contributed by atoms with Crippen molar-refractivity contribution < 1.29 is 4.79 Å². The predicted octanol–water partition coefficient (Wildman–Crippen LogP) is 4.47. The molecule has 2 nitrogen and oxygen atoms in total. The number of hydrogen-bond acceptors (Lipinski definition) is 1. The average Bonchev–Trinajstić information content (AvgIpc) is 2.46. The monoisotopic (exact) mass is 307 g/mol. The van der Waals surface area contributed by atoms with Gasteiger partial charge in [0.2, 0.25) is 0 Å². The number of benzene rings is 1. The quantitative estimate of drug-likeness (QED) is 0.755. The number of rotatable bonds is 3. The van der Waals surface area contributed by atoms with Crippen LogP contribution in [-0.2, 0) is 5.41 Å². The molecule has 1 aliphatic rings. The van der Waals surface area contributed by atoms with Crippen LogP contribution in [0, 0.1) is 5.92 Å². The van der Waals surface area contributed by atoms with Crippen molar-refractivity contribution in [3.05, 3.63) is 35.4 Å². The Kier molecular flexibility index (Phi) is 5.32. The molecule has 1 unspecified atom stereocenters. The van der Waals surface area contributed by atoms with Crippen LogP contribution in [0.25, 0.3) is 0 Å². The number of nitrogens with zero attached hydrogens (tertiary/aromatic N) is 1. The molecule has 1 amide bonds. The van der Waals surface area contributed by atoms with Crippen LogP contribution in [-0.4, -0.2) is 29.8 Å². The summed E-state index contributed by atoms with van der Waals surface area (Å²) in [7, 11) is 0. The van der Waals surface area contributed by atoms with Crippen molar-refractivity contribution in [1.29, 1.82) is 0 Å². The van der Waals surface area contributed by atoms with Crippen LogP contribution in [0.15, 0.2) is 24.3 Å². The maximum Gasteiger partial charge on any atom is 0.253 e. The molecule has 1 aromatic rings. The van der Waals surface area contributed by atoms with Gasteiger partial charge in [0.1, 0.15) is 0 Å². The number of piperidine rings is 1. The minimum atomic E-state index is 0.123. The van der Waals surface area contributed by atoms with Gasteiger partial charge in [-0.3, -0.25) is 4.79 Å². The van der Waals surface area contributed by atoms with Gasteiger partial charge in [0, 0.05) is 24.5 Å². The lowest BCUT2D eigenvalue weighted by atomic mass is 9.86. The highest BCUT2D eigenvalue weighted by Crippen LogP contribution is 2.24. The van der Waals surface area contributed by atoms with Crippen LogP contribution in [0.5, 0.6) is 0 Å². The Morgan fingerprint density at radius 2 is 1.95 bits per heavy atom. The lowest BCUT2D eigenvalue weighted by Crippen LogP contribution is -2.40. The topological polar surface area (TPSA) is 20.3 Å². The summed E-state index contributed by atoms with van der Waals surface area (Å²) in [4.78, 5) is 14.6. The van der Waals surface area contributed by atoms with Gasteiger partial charge < -0.3 is 4.90 Å². The molecule has 1 fully saturated rings.